The standard InChI is InChI=1S/C11H19N3O3S/c1-11(2,18(4,15)16)9(12)5-8-6-10(17-3)14-7-13-8/h6-7,9H,5,12H2,1-4H3. The van der Waals surface area contributed by atoms with E-state index >= 15 is 0 Å². The van der Waals surface area contributed by atoms with Crippen LogP contribution in [0.5, 0.6) is 5.88 Å². The molecule has 0 aliphatic heterocycles. The van der Waals surface area contributed by atoms with E-state index in [9.17, 15) is 8.42 Å². The zero-order valence-electron chi connectivity index (χ0n) is 11.0. The van der Waals surface area contributed by atoms with E-state index in [0.29, 0.717) is 18.0 Å². The van der Waals surface area contributed by atoms with Gasteiger partial charge < -0.3 is 10.5 Å². The van der Waals surface area contributed by atoms with Gasteiger partial charge in [-0.3, -0.25) is 0 Å². The average molecular weight is 273 g/mol. The van der Waals surface area contributed by atoms with Gasteiger partial charge in [-0.2, -0.15) is 0 Å². The summed E-state index contributed by atoms with van der Waals surface area (Å²) in [6.45, 7) is 3.23. The van der Waals surface area contributed by atoms with E-state index in [2.05, 4.69) is 9.97 Å². The summed E-state index contributed by atoms with van der Waals surface area (Å²) in [5.41, 5.74) is 6.64. The van der Waals surface area contributed by atoms with Crippen molar-refractivity contribution in [3.63, 3.8) is 0 Å². The van der Waals surface area contributed by atoms with E-state index in [1.807, 2.05) is 0 Å². The highest BCUT2D eigenvalue weighted by Crippen LogP contribution is 2.21. The Morgan fingerprint density at radius 1 is 1.44 bits per heavy atom. The fourth-order valence-electron chi connectivity index (χ4n) is 1.35. The molecule has 102 valence electrons. The number of ether oxygens (including phenoxy) is 1. The van der Waals surface area contributed by atoms with Crippen LogP contribution >= 0.6 is 0 Å². The predicted molar refractivity (Wildman–Crippen MR) is 69.2 cm³/mol. The van der Waals surface area contributed by atoms with Crippen LogP contribution in [-0.4, -0.2) is 42.5 Å². The first-order valence-corrected chi connectivity index (χ1v) is 7.37. The quantitative estimate of drug-likeness (QED) is 0.822. The minimum atomic E-state index is -3.24. The minimum Gasteiger partial charge on any atom is -0.481 e. The molecule has 18 heavy (non-hydrogen) atoms. The third kappa shape index (κ3) is 3.17. The Bertz CT molecular complexity index is 514. The maximum absolute atomic E-state index is 11.7. The van der Waals surface area contributed by atoms with Crippen molar-refractivity contribution in [2.24, 2.45) is 5.73 Å². The van der Waals surface area contributed by atoms with Crippen molar-refractivity contribution in [1.82, 2.24) is 9.97 Å². The van der Waals surface area contributed by atoms with Crippen LogP contribution in [0, 0.1) is 0 Å². The summed E-state index contributed by atoms with van der Waals surface area (Å²) < 4.78 is 27.3. The molecule has 0 saturated carbocycles. The van der Waals surface area contributed by atoms with Gasteiger partial charge in [-0.05, 0) is 13.8 Å². The first-order valence-electron chi connectivity index (χ1n) is 5.48. The molecule has 1 atom stereocenters. The number of hydrogen-bond acceptors (Lipinski definition) is 6. The molecule has 1 heterocycles. The molecule has 0 spiro atoms. The van der Waals surface area contributed by atoms with E-state index in [-0.39, 0.29) is 0 Å². The van der Waals surface area contributed by atoms with Gasteiger partial charge in [0.05, 0.1) is 11.9 Å². The number of rotatable bonds is 5. The third-order valence-electron chi connectivity index (χ3n) is 3.19. The molecule has 0 aromatic carbocycles. The summed E-state index contributed by atoms with van der Waals surface area (Å²) in [5, 5.41) is 0. The van der Waals surface area contributed by atoms with Gasteiger partial charge in [0.2, 0.25) is 5.88 Å². The molecule has 1 rings (SSSR count). The lowest BCUT2D eigenvalue weighted by atomic mass is 9.99. The number of aromatic nitrogens is 2. The second-order valence-corrected chi connectivity index (χ2v) is 7.33. The molecule has 0 radical (unpaired) electrons. The van der Waals surface area contributed by atoms with Crippen LogP contribution in [0.1, 0.15) is 19.5 Å². The molecule has 2 N–H and O–H groups in total. The van der Waals surface area contributed by atoms with E-state index in [1.165, 1.54) is 19.7 Å². The first-order chi connectivity index (χ1) is 8.18. The Kier molecular flexibility index (Phi) is 4.28. The van der Waals surface area contributed by atoms with Crippen LogP contribution in [0.4, 0.5) is 0 Å². The van der Waals surface area contributed by atoms with Gasteiger partial charge >= 0.3 is 0 Å². The van der Waals surface area contributed by atoms with Gasteiger partial charge in [0.25, 0.3) is 0 Å². The highest BCUT2D eigenvalue weighted by atomic mass is 32.2. The minimum absolute atomic E-state index is 0.346. The van der Waals surface area contributed by atoms with Gasteiger partial charge in [0.15, 0.2) is 9.84 Å². The third-order valence-corrected chi connectivity index (χ3v) is 5.40. The molecule has 0 saturated heterocycles. The fraction of sp³-hybridized carbons (Fsp3) is 0.636. The number of nitrogens with zero attached hydrogens (tertiary/aromatic N) is 2. The highest BCUT2D eigenvalue weighted by molar-refractivity contribution is 7.92. The first kappa shape index (κ1) is 14.8. The Balaban J connectivity index is 2.91. The summed E-state index contributed by atoms with van der Waals surface area (Å²) in [6.07, 6.45) is 2.90. The normalized spacial score (nSPS) is 14.3. The van der Waals surface area contributed by atoms with Crippen LogP contribution in [0.2, 0.25) is 0 Å². The zero-order chi connectivity index (χ0) is 14.0. The summed E-state index contributed by atoms with van der Waals surface area (Å²) in [7, 11) is -1.73. The summed E-state index contributed by atoms with van der Waals surface area (Å²) in [5.74, 6) is 0.435. The summed E-state index contributed by atoms with van der Waals surface area (Å²) in [4.78, 5) is 7.94. The lowest BCUT2D eigenvalue weighted by Gasteiger charge is -2.29. The van der Waals surface area contributed by atoms with Gasteiger partial charge in [-0.25, -0.2) is 18.4 Å². The van der Waals surface area contributed by atoms with Crippen molar-refractivity contribution < 1.29 is 13.2 Å². The van der Waals surface area contributed by atoms with E-state index in [1.54, 1.807) is 19.9 Å². The van der Waals surface area contributed by atoms with Crippen molar-refractivity contribution in [3.8, 4) is 5.88 Å². The largest absolute Gasteiger partial charge is 0.481 e. The predicted octanol–water partition coefficient (Wildman–Crippen LogP) is 0.178. The van der Waals surface area contributed by atoms with Crippen LogP contribution in [0.15, 0.2) is 12.4 Å². The molecule has 0 aliphatic carbocycles. The summed E-state index contributed by atoms with van der Waals surface area (Å²) >= 11 is 0. The molecule has 7 heteroatoms. The highest BCUT2D eigenvalue weighted by Gasteiger charge is 2.36. The molecule has 0 fully saturated rings. The van der Waals surface area contributed by atoms with Crippen LogP contribution in [0.3, 0.4) is 0 Å². The SMILES string of the molecule is COc1cc(CC(N)C(C)(C)S(C)(=O)=O)ncn1. The summed E-state index contributed by atoms with van der Waals surface area (Å²) in [6, 6.07) is 1.10. The molecule has 0 amide bonds. The molecule has 1 aromatic heterocycles. The topological polar surface area (TPSA) is 95.2 Å². The van der Waals surface area contributed by atoms with Crippen molar-refractivity contribution in [1.29, 1.82) is 0 Å². The van der Waals surface area contributed by atoms with E-state index in [4.69, 9.17) is 10.5 Å². The fourth-order valence-corrected chi connectivity index (χ4v) is 1.98. The Labute approximate surface area is 108 Å². The Morgan fingerprint density at radius 2 is 2.06 bits per heavy atom. The van der Waals surface area contributed by atoms with Crippen molar-refractivity contribution in [3.05, 3.63) is 18.1 Å². The van der Waals surface area contributed by atoms with Gasteiger partial charge in [0, 0.05) is 30.5 Å². The molecule has 0 aliphatic rings. The monoisotopic (exact) mass is 273 g/mol. The lowest BCUT2D eigenvalue weighted by Crippen LogP contribution is -2.50. The van der Waals surface area contributed by atoms with Gasteiger partial charge in [-0.15, -0.1) is 0 Å². The molecule has 1 aromatic rings. The maximum atomic E-state index is 11.7. The molecular weight excluding hydrogens is 254 g/mol. The van der Waals surface area contributed by atoms with Crippen LogP contribution in [0.25, 0.3) is 0 Å². The van der Waals surface area contributed by atoms with Crippen LogP contribution in [-0.2, 0) is 16.3 Å². The Hall–Kier alpha value is -1.21. The number of nitrogens with two attached hydrogens (primary N) is 1. The number of methoxy groups -OCH3 is 1. The second-order valence-electron chi connectivity index (χ2n) is 4.74. The average Bonchev–Trinajstić information content (AvgIpc) is 2.27. The van der Waals surface area contributed by atoms with E-state index in [0.717, 1.165) is 0 Å². The maximum Gasteiger partial charge on any atom is 0.216 e. The van der Waals surface area contributed by atoms with Gasteiger partial charge in [0.1, 0.15) is 6.33 Å². The van der Waals surface area contributed by atoms with Crippen molar-refractivity contribution >= 4 is 9.84 Å². The van der Waals surface area contributed by atoms with Crippen LogP contribution < -0.4 is 10.5 Å². The van der Waals surface area contributed by atoms with Crippen molar-refractivity contribution in [2.75, 3.05) is 13.4 Å². The number of hydrogen-bond donors (Lipinski definition) is 1. The lowest BCUT2D eigenvalue weighted by molar-refractivity contribution is 0.395. The molecule has 0 bridgehead atoms. The molecular formula is C11H19N3O3S. The van der Waals surface area contributed by atoms with Crippen molar-refractivity contribution in [2.45, 2.75) is 31.1 Å². The molecule has 1 unspecified atom stereocenters. The molecule has 6 nitrogen and oxygen atoms in total. The van der Waals surface area contributed by atoms with Gasteiger partial charge in [-0.1, -0.05) is 0 Å². The second kappa shape index (κ2) is 5.19. The zero-order valence-corrected chi connectivity index (χ0v) is 11.9. The smallest absolute Gasteiger partial charge is 0.216 e. The Morgan fingerprint density at radius 3 is 2.56 bits per heavy atom. The van der Waals surface area contributed by atoms with E-state index < -0.39 is 20.6 Å². The number of sulfone groups is 1.